The van der Waals surface area contributed by atoms with Gasteiger partial charge in [-0.2, -0.15) is 0 Å². The Hall–Kier alpha value is -3.84. The largest absolute Gasteiger partial charge is 0.462 e. The molecule has 0 fully saturated rings. The van der Waals surface area contributed by atoms with Gasteiger partial charge in [-0.3, -0.25) is 9.59 Å². The van der Waals surface area contributed by atoms with E-state index >= 15 is 0 Å². The van der Waals surface area contributed by atoms with Crippen LogP contribution in [0.15, 0.2) is 88.3 Å². The van der Waals surface area contributed by atoms with Crippen LogP contribution in [0.3, 0.4) is 0 Å². The summed E-state index contributed by atoms with van der Waals surface area (Å²) in [7, 11) is 0. The number of hydrogen-bond acceptors (Lipinski definition) is 6. The van der Waals surface area contributed by atoms with Gasteiger partial charge in [0, 0.05) is 10.6 Å². The van der Waals surface area contributed by atoms with Crippen molar-refractivity contribution in [2.45, 2.75) is 32.1 Å². The Morgan fingerprint density at radius 3 is 2.26 bits per heavy atom. The Morgan fingerprint density at radius 1 is 0.914 bits per heavy atom. The molecule has 0 aliphatic carbocycles. The first-order valence-electron chi connectivity index (χ1n) is 11.4. The number of amides is 2. The number of anilines is 2. The summed E-state index contributed by atoms with van der Waals surface area (Å²) in [6.07, 6.45) is 0.896. The fourth-order valence-corrected chi connectivity index (χ4v) is 4.60. The molecule has 0 unspecified atom stereocenters. The van der Waals surface area contributed by atoms with Crippen LogP contribution in [-0.4, -0.2) is 24.4 Å². The van der Waals surface area contributed by atoms with Crippen molar-refractivity contribution < 1.29 is 19.1 Å². The second-order valence-electron chi connectivity index (χ2n) is 7.98. The van der Waals surface area contributed by atoms with Gasteiger partial charge < -0.3 is 10.1 Å². The fourth-order valence-electron chi connectivity index (χ4n) is 3.68. The van der Waals surface area contributed by atoms with Crippen molar-refractivity contribution in [2.24, 2.45) is 0 Å². The Bertz CT molecular complexity index is 1300. The molecule has 0 radical (unpaired) electrons. The Labute approximate surface area is 209 Å². The summed E-state index contributed by atoms with van der Waals surface area (Å²) in [5, 5.41) is 3.16. The van der Waals surface area contributed by atoms with E-state index in [-0.39, 0.29) is 28.5 Å². The maximum absolute atomic E-state index is 13.7. The molecule has 0 spiro atoms. The minimum atomic E-state index is -0.590. The van der Waals surface area contributed by atoms with E-state index in [9.17, 15) is 14.4 Å². The predicted molar refractivity (Wildman–Crippen MR) is 138 cm³/mol. The predicted octanol–water partition coefficient (Wildman–Crippen LogP) is 5.72. The van der Waals surface area contributed by atoms with E-state index in [1.165, 1.54) is 11.8 Å². The highest BCUT2D eigenvalue weighted by Gasteiger charge is 2.41. The maximum Gasteiger partial charge on any atom is 0.340 e. The van der Waals surface area contributed by atoms with Gasteiger partial charge in [-0.15, -0.1) is 0 Å². The molecule has 0 saturated heterocycles. The standard InChI is InChI=1S/C28H26N2O4S/c1-4-19-12-14-20(15-13-19)29-24-25(35-21-16-10-18(3)11-17-21)27(32)30(26(24)31)23-9-7-6-8-22(23)28(33)34-5-2/h6-17,29H,4-5H2,1-3H3. The van der Waals surface area contributed by atoms with Crippen LogP contribution >= 0.6 is 11.8 Å². The summed E-state index contributed by atoms with van der Waals surface area (Å²) in [6.45, 7) is 5.94. The van der Waals surface area contributed by atoms with E-state index in [1.54, 1.807) is 31.2 Å². The van der Waals surface area contributed by atoms with Gasteiger partial charge in [0.05, 0.1) is 17.9 Å². The number of esters is 1. The van der Waals surface area contributed by atoms with Crippen molar-refractivity contribution in [1.29, 1.82) is 0 Å². The maximum atomic E-state index is 13.7. The van der Waals surface area contributed by atoms with E-state index in [1.807, 2.05) is 55.5 Å². The van der Waals surface area contributed by atoms with Gasteiger partial charge in [0.1, 0.15) is 10.6 Å². The molecule has 6 nitrogen and oxygen atoms in total. The normalized spacial score (nSPS) is 13.4. The highest BCUT2D eigenvalue weighted by molar-refractivity contribution is 8.04. The van der Waals surface area contributed by atoms with Crippen molar-refractivity contribution in [3.8, 4) is 0 Å². The molecule has 1 aliphatic rings. The number of carbonyl (C=O) groups excluding carboxylic acids is 3. The number of rotatable bonds is 8. The van der Waals surface area contributed by atoms with Crippen molar-refractivity contribution in [3.63, 3.8) is 0 Å². The summed E-state index contributed by atoms with van der Waals surface area (Å²) < 4.78 is 5.15. The molecule has 1 N–H and O–H groups in total. The molecular formula is C28H26N2O4S. The van der Waals surface area contributed by atoms with Gasteiger partial charge in [0.2, 0.25) is 0 Å². The lowest BCUT2D eigenvalue weighted by atomic mass is 10.1. The molecule has 3 aromatic rings. The first-order valence-corrected chi connectivity index (χ1v) is 12.2. The molecule has 7 heteroatoms. The second kappa shape index (κ2) is 10.6. The molecule has 0 bridgehead atoms. The Balaban J connectivity index is 1.75. The second-order valence-corrected chi connectivity index (χ2v) is 9.06. The molecule has 3 aromatic carbocycles. The molecule has 1 heterocycles. The zero-order valence-corrected chi connectivity index (χ0v) is 20.6. The number of nitrogens with one attached hydrogen (secondary N) is 1. The number of nitrogens with zero attached hydrogens (tertiary/aromatic N) is 1. The SMILES string of the molecule is CCOC(=O)c1ccccc1N1C(=O)C(Nc2ccc(CC)cc2)=C(Sc2ccc(C)cc2)C1=O. The van der Waals surface area contributed by atoms with Crippen molar-refractivity contribution in [3.05, 3.63) is 100 Å². The number of ether oxygens (including phenoxy) is 1. The number of thioether (sulfide) groups is 1. The highest BCUT2D eigenvalue weighted by Crippen LogP contribution is 2.39. The van der Waals surface area contributed by atoms with E-state index in [4.69, 9.17) is 4.74 Å². The third-order valence-corrected chi connectivity index (χ3v) is 6.64. The van der Waals surface area contributed by atoms with Gasteiger partial charge in [-0.05, 0) is 62.2 Å². The third-order valence-electron chi connectivity index (χ3n) is 5.55. The monoisotopic (exact) mass is 486 g/mol. The smallest absolute Gasteiger partial charge is 0.340 e. The number of carbonyl (C=O) groups is 3. The van der Waals surface area contributed by atoms with Crippen LogP contribution in [0, 0.1) is 6.92 Å². The fraction of sp³-hybridized carbons (Fsp3) is 0.179. The molecule has 2 amide bonds. The summed E-state index contributed by atoms with van der Waals surface area (Å²) in [5.41, 5.74) is 3.48. The molecule has 1 aliphatic heterocycles. The van der Waals surface area contributed by atoms with Crippen LogP contribution in [0.4, 0.5) is 11.4 Å². The summed E-state index contributed by atoms with van der Waals surface area (Å²) in [5.74, 6) is -1.61. The quantitative estimate of drug-likeness (QED) is 0.324. The molecule has 0 atom stereocenters. The Kier molecular flexibility index (Phi) is 7.36. The van der Waals surface area contributed by atoms with Gasteiger partial charge in [0.15, 0.2) is 0 Å². The lowest BCUT2D eigenvalue weighted by Gasteiger charge is -2.18. The molecule has 35 heavy (non-hydrogen) atoms. The van der Waals surface area contributed by atoms with Crippen LogP contribution in [0.5, 0.6) is 0 Å². The van der Waals surface area contributed by atoms with E-state index < -0.39 is 17.8 Å². The number of aryl methyl sites for hydroxylation is 2. The zero-order valence-electron chi connectivity index (χ0n) is 19.8. The summed E-state index contributed by atoms with van der Waals surface area (Å²) in [4.78, 5) is 42.0. The van der Waals surface area contributed by atoms with E-state index in [0.29, 0.717) is 5.69 Å². The van der Waals surface area contributed by atoms with Gasteiger partial charge >= 0.3 is 5.97 Å². The number of benzene rings is 3. The Morgan fingerprint density at radius 2 is 1.60 bits per heavy atom. The molecular weight excluding hydrogens is 460 g/mol. The van der Waals surface area contributed by atoms with Crippen LogP contribution in [0.1, 0.15) is 35.3 Å². The lowest BCUT2D eigenvalue weighted by molar-refractivity contribution is -0.120. The van der Waals surface area contributed by atoms with Gasteiger partial charge in [-0.25, -0.2) is 9.69 Å². The number of hydrogen-bond donors (Lipinski definition) is 1. The molecule has 0 aromatic heterocycles. The lowest BCUT2D eigenvalue weighted by Crippen LogP contribution is -2.33. The average Bonchev–Trinajstić information content (AvgIpc) is 3.09. The first-order chi connectivity index (χ1) is 16.9. The van der Waals surface area contributed by atoms with Crippen molar-refractivity contribution in [1.82, 2.24) is 0 Å². The summed E-state index contributed by atoms with van der Waals surface area (Å²) in [6, 6.07) is 21.9. The van der Waals surface area contributed by atoms with Gasteiger partial charge in [-0.1, -0.05) is 60.6 Å². The van der Waals surface area contributed by atoms with Crippen LogP contribution in [0.2, 0.25) is 0 Å². The van der Waals surface area contributed by atoms with E-state index in [2.05, 4.69) is 12.2 Å². The average molecular weight is 487 g/mol. The summed E-state index contributed by atoms with van der Waals surface area (Å²) >= 11 is 1.22. The molecule has 178 valence electrons. The van der Waals surface area contributed by atoms with Crippen molar-refractivity contribution in [2.75, 3.05) is 16.8 Å². The highest BCUT2D eigenvalue weighted by atomic mass is 32.2. The third kappa shape index (κ3) is 5.15. The number of imide groups is 1. The van der Waals surface area contributed by atoms with Crippen molar-refractivity contribution >= 4 is 40.9 Å². The molecule has 4 rings (SSSR count). The zero-order chi connectivity index (χ0) is 24.9. The topological polar surface area (TPSA) is 75.7 Å². The first kappa shape index (κ1) is 24.3. The van der Waals surface area contributed by atoms with E-state index in [0.717, 1.165) is 27.3 Å². The number of para-hydroxylation sites is 1. The van der Waals surface area contributed by atoms with Crippen LogP contribution < -0.4 is 10.2 Å². The van der Waals surface area contributed by atoms with Crippen LogP contribution in [0.25, 0.3) is 0 Å². The minimum absolute atomic E-state index is 0.157. The van der Waals surface area contributed by atoms with Gasteiger partial charge in [0.25, 0.3) is 11.8 Å². The van der Waals surface area contributed by atoms with Crippen LogP contribution in [-0.2, 0) is 20.7 Å². The molecule has 0 saturated carbocycles. The minimum Gasteiger partial charge on any atom is -0.462 e.